The number of likely N-dealkylation sites (tertiary alicyclic amines) is 1. The molecule has 1 aromatic carbocycles. The molecule has 6 aliphatic rings. The molecule has 2 saturated carbocycles. The fraction of sp³-hybridized carbons (Fsp3) is 0.739. The van der Waals surface area contributed by atoms with E-state index in [0.29, 0.717) is 56.9 Å². The zero-order valence-corrected chi connectivity index (χ0v) is 19.7. The molecule has 4 atom stereocenters. The van der Waals surface area contributed by atoms with E-state index >= 15 is 0 Å². The van der Waals surface area contributed by atoms with Crippen LogP contribution >= 0.6 is 0 Å². The number of hydrogen-bond donors (Lipinski definition) is 1. The number of halogens is 3. The van der Waals surface area contributed by atoms with Crippen molar-refractivity contribution in [1.82, 2.24) is 4.90 Å². The summed E-state index contributed by atoms with van der Waals surface area (Å²) in [7, 11) is -5.91. The Labute approximate surface area is 200 Å². The average Bonchev–Trinajstić information content (AvgIpc) is 3.34. The van der Waals surface area contributed by atoms with Crippen molar-refractivity contribution in [2.75, 3.05) is 26.3 Å². The second-order valence-electron chi connectivity index (χ2n) is 10.7. The van der Waals surface area contributed by atoms with E-state index in [9.17, 15) is 26.7 Å². The van der Waals surface area contributed by atoms with Crippen molar-refractivity contribution in [3.8, 4) is 11.5 Å². The van der Waals surface area contributed by atoms with Crippen LogP contribution in [0.25, 0.3) is 0 Å². The number of alkyl halides is 3. The summed E-state index contributed by atoms with van der Waals surface area (Å²) < 4.78 is 86.1. The van der Waals surface area contributed by atoms with Gasteiger partial charge in [-0.2, -0.15) is 21.6 Å². The Morgan fingerprint density at radius 1 is 1.14 bits per heavy atom. The van der Waals surface area contributed by atoms with Gasteiger partial charge in [-0.3, -0.25) is 4.90 Å². The first-order valence-electron chi connectivity index (χ1n) is 12.1. The number of rotatable bonds is 4. The normalized spacial score (nSPS) is 37.3. The number of hydrogen-bond acceptors (Lipinski definition) is 8. The predicted molar refractivity (Wildman–Crippen MR) is 113 cm³/mol. The SMILES string of the molecule is O=S(=O)(Oc1ccc2c3c1OC1C4(CCC5(O)C(C2)N(CC2CC2)CCC315)OCCO4)C(F)(F)F. The zero-order valence-electron chi connectivity index (χ0n) is 18.8. The second-order valence-corrected chi connectivity index (χ2v) is 12.3. The number of piperidine rings is 1. The van der Waals surface area contributed by atoms with Gasteiger partial charge in [-0.1, -0.05) is 6.07 Å². The van der Waals surface area contributed by atoms with Gasteiger partial charge in [-0.05, 0) is 56.2 Å². The average molecular weight is 518 g/mol. The van der Waals surface area contributed by atoms with Crippen LogP contribution in [-0.4, -0.2) is 73.8 Å². The van der Waals surface area contributed by atoms with E-state index in [1.54, 1.807) is 6.07 Å². The molecule has 2 saturated heterocycles. The summed E-state index contributed by atoms with van der Waals surface area (Å²) >= 11 is 0. The van der Waals surface area contributed by atoms with Crippen molar-refractivity contribution in [2.24, 2.45) is 5.92 Å². The molecule has 0 amide bonds. The maximum atomic E-state index is 13.1. The van der Waals surface area contributed by atoms with Crippen molar-refractivity contribution in [2.45, 2.75) is 73.0 Å². The van der Waals surface area contributed by atoms with Crippen molar-refractivity contribution in [3.05, 3.63) is 23.3 Å². The van der Waals surface area contributed by atoms with E-state index in [1.165, 1.54) is 18.9 Å². The second kappa shape index (κ2) is 6.83. The summed E-state index contributed by atoms with van der Waals surface area (Å²) in [6.07, 6.45) is 3.24. The number of aliphatic hydroxyl groups is 1. The van der Waals surface area contributed by atoms with E-state index in [-0.39, 0.29) is 11.8 Å². The number of ether oxygens (including phenoxy) is 3. The first kappa shape index (κ1) is 22.6. The lowest BCUT2D eigenvalue weighted by atomic mass is 9.48. The summed E-state index contributed by atoms with van der Waals surface area (Å²) in [5.74, 6) is -1.13. The number of benzene rings is 1. The summed E-state index contributed by atoms with van der Waals surface area (Å²) in [6, 6.07) is 2.64. The molecular formula is C23H26F3NO7S. The molecule has 35 heavy (non-hydrogen) atoms. The van der Waals surface area contributed by atoms with Gasteiger partial charge in [-0.25, -0.2) is 0 Å². The smallest absolute Gasteiger partial charge is 0.479 e. The van der Waals surface area contributed by atoms with Crippen LogP contribution in [0.3, 0.4) is 0 Å². The summed E-state index contributed by atoms with van der Waals surface area (Å²) in [6.45, 7) is 2.26. The highest BCUT2D eigenvalue weighted by molar-refractivity contribution is 7.88. The predicted octanol–water partition coefficient (Wildman–Crippen LogP) is 2.22. The van der Waals surface area contributed by atoms with Gasteiger partial charge >= 0.3 is 15.6 Å². The lowest BCUT2D eigenvalue weighted by Gasteiger charge is -2.65. The fourth-order valence-electron chi connectivity index (χ4n) is 7.43. The monoisotopic (exact) mass is 517 g/mol. The Hall–Kier alpha value is -1.60. The van der Waals surface area contributed by atoms with Crippen LogP contribution in [0, 0.1) is 5.92 Å². The van der Waals surface area contributed by atoms with Gasteiger partial charge in [0.1, 0.15) is 0 Å². The van der Waals surface area contributed by atoms with Gasteiger partial charge in [0.05, 0.1) is 24.2 Å². The van der Waals surface area contributed by atoms with Crippen LogP contribution in [0.15, 0.2) is 12.1 Å². The zero-order chi connectivity index (χ0) is 24.4. The molecule has 2 spiro atoms. The minimum absolute atomic E-state index is 0.0618. The molecule has 0 radical (unpaired) electrons. The third-order valence-corrected chi connectivity index (χ3v) is 9.98. The van der Waals surface area contributed by atoms with Gasteiger partial charge in [0.25, 0.3) is 0 Å². The van der Waals surface area contributed by atoms with E-state index in [4.69, 9.17) is 14.2 Å². The van der Waals surface area contributed by atoms with E-state index < -0.39 is 44.3 Å². The van der Waals surface area contributed by atoms with Crippen LogP contribution in [0.2, 0.25) is 0 Å². The molecule has 192 valence electrons. The number of nitrogens with zero attached hydrogens (tertiary/aromatic N) is 1. The Morgan fingerprint density at radius 2 is 1.89 bits per heavy atom. The maximum Gasteiger partial charge on any atom is 0.534 e. The van der Waals surface area contributed by atoms with Gasteiger partial charge < -0.3 is 23.5 Å². The molecular weight excluding hydrogens is 491 g/mol. The lowest BCUT2D eigenvalue weighted by molar-refractivity contribution is -0.296. The molecule has 12 heteroatoms. The molecule has 3 aliphatic heterocycles. The standard InChI is InChI=1S/C23H26F3NO7S/c24-23(25,26)35(29,30)34-15-4-3-14-11-16-21(28)5-6-22(31-9-10-32-22)19-20(21,17(14)18(15)33-19)7-8-27(16)12-13-1-2-13/h3-4,13,16,19,28H,1-2,5-12H2. The topological polar surface area (TPSA) is 94.5 Å². The molecule has 3 heterocycles. The Bertz CT molecular complexity index is 1200. The molecule has 2 bridgehead atoms. The largest absolute Gasteiger partial charge is 0.534 e. The van der Waals surface area contributed by atoms with Crippen molar-refractivity contribution in [3.63, 3.8) is 0 Å². The highest BCUT2D eigenvalue weighted by Gasteiger charge is 2.77. The Kier molecular flexibility index (Phi) is 4.41. The van der Waals surface area contributed by atoms with Crippen molar-refractivity contribution < 1.29 is 45.1 Å². The van der Waals surface area contributed by atoms with Gasteiger partial charge in [-0.15, -0.1) is 0 Å². The maximum absolute atomic E-state index is 13.1. The van der Waals surface area contributed by atoms with Gasteiger partial charge in [0.2, 0.25) is 5.79 Å². The summed E-state index contributed by atoms with van der Waals surface area (Å²) in [4.78, 5) is 2.35. The molecule has 0 aromatic heterocycles. The molecule has 4 unspecified atom stereocenters. The van der Waals surface area contributed by atoms with Crippen LogP contribution in [0.1, 0.15) is 43.2 Å². The fourth-order valence-corrected chi connectivity index (χ4v) is 7.89. The first-order valence-corrected chi connectivity index (χ1v) is 13.5. The van der Waals surface area contributed by atoms with Crippen LogP contribution in [0.5, 0.6) is 11.5 Å². The third-order valence-electron chi connectivity index (χ3n) is 9.01. The van der Waals surface area contributed by atoms with E-state index in [1.807, 2.05) is 0 Å². The summed E-state index contributed by atoms with van der Waals surface area (Å²) in [5, 5.41) is 12.4. The van der Waals surface area contributed by atoms with Crippen LogP contribution < -0.4 is 8.92 Å². The quantitative estimate of drug-likeness (QED) is 0.480. The van der Waals surface area contributed by atoms with E-state index in [0.717, 1.165) is 12.1 Å². The molecule has 8 nitrogen and oxygen atoms in total. The summed E-state index contributed by atoms with van der Waals surface area (Å²) in [5.41, 5.74) is -6.46. The van der Waals surface area contributed by atoms with Crippen LogP contribution in [-0.2, 0) is 31.4 Å². The van der Waals surface area contributed by atoms with Gasteiger partial charge in [0, 0.05) is 24.6 Å². The highest BCUT2D eigenvalue weighted by Crippen LogP contribution is 2.68. The Balaban J connectivity index is 1.40. The molecule has 1 N–H and O–H groups in total. The third kappa shape index (κ3) is 2.80. The Morgan fingerprint density at radius 3 is 2.57 bits per heavy atom. The van der Waals surface area contributed by atoms with Crippen LogP contribution in [0.4, 0.5) is 13.2 Å². The molecule has 1 aromatic rings. The van der Waals surface area contributed by atoms with Crippen molar-refractivity contribution in [1.29, 1.82) is 0 Å². The van der Waals surface area contributed by atoms with Gasteiger partial charge in [0.15, 0.2) is 17.6 Å². The minimum Gasteiger partial charge on any atom is -0.479 e. The minimum atomic E-state index is -5.91. The lowest BCUT2D eigenvalue weighted by Crippen LogP contribution is -2.79. The highest BCUT2D eigenvalue weighted by atomic mass is 32.2. The first-order chi connectivity index (χ1) is 16.5. The number of fused-ring (bicyclic) bond motifs is 1. The molecule has 4 fully saturated rings. The van der Waals surface area contributed by atoms with Crippen molar-refractivity contribution >= 4 is 10.1 Å². The molecule has 7 rings (SSSR count). The van der Waals surface area contributed by atoms with E-state index in [2.05, 4.69) is 9.08 Å². The molecule has 3 aliphatic carbocycles.